The van der Waals surface area contributed by atoms with Gasteiger partial charge in [-0.1, -0.05) is 12.1 Å². The van der Waals surface area contributed by atoms with Crippen LogP contribution in [0.3, 0.4) is 0 Å². The lowest BCUT2D eigenvalue weighted by molar-refractivity contribution is -0.130. The first-order valence-corrected chi connectivity index (χ1v) is 9.26. The zero-order valence-corrected chi connectivity index (χ0v) is 15.5. The largest absolute Gasteiger partial charge is 0.445 e. The van der Waals surface area contributed by atoms with E-state index in [1.54, 1.807) is 6.92 Å². The lowest BCUT2D eigenvalue weighted by Crippen LogP contribution is -2.37. The average Bonchev–Trinajstić information content (AvgIpc) is 3.20. The zero-order chi connectivity index (χ0) is 19.1. The van der Waals surface area contributed by atoms with E-state index in [4.69, 9.17) is 9.15 Å². The number of benzene rings is 1. The van der Waals surface area contributed by atoms with E-state index in [0.29, 0.717) is 17.4 Å². The van der Waals surface area contributed by atoms with Crippen molar-refractivity contribution in [2.75, 3.05) is 18.4 Å². The number of piperidine rings is 1. The highest BCUT2D eigenvalue weighted by atomic mass is 16.6. The molecule has 1 aromatic heterocycles. The molecule has 0 aliphatic carbocycles. The van der Waals surface area contributed by atoms with Crippen LogP contribution in [-0.4, -0.2) is 35.0 Å². The second-order valence-corrected chi connectivity index (χ2v) is 6.85. The van der Waals surface area contributed by atoms with Crippen LogP contribution in [0, 0.1) is 5.92 Å². The molecule has 1 saturated heterocycles. The molecule has 0 unspecified atom stereocenters. The molecule has 1 N–H and O–H groups in total. The van der Waals surface area contributed by atoms with Crippen molar-refractivity contribution in [1.82, 2.24) is 9.88 Å². The van der Waals surface area contributed by atoms with Gasteiger partial charge < -0.3 is 14.1 Å². The van der Waals surface area contributed by atoms with E-state index in [-0.39, 0.29) is 12.5 Å². The van der Waals surface area contributed by atoms with Crippen molar-refractivity contribution in [3.05, 3.63) is 48.2 Å². The molecule has 1 aliphatic rings. The maximum atomic E-state index is 11.8. The van der Waals surface area contributed by atoms with E-state index >= 15 is 0 Å². The summed E-state index contributed by atoms with van der Waals surface area (Å²) in [4.78, 5) is 28.8. The number of nitrogens with one attached hydrogen (secondary N) is 1. The summed E-state index contributed by atoms with van der Waals surface area (Å²) in [6.07, 6.45) is 6.55. The fraction of sp³-hybridized carbons (Fsp3) is 0.450. The molecule has 0 bridgehead atoms. The van der Waals surface area contributed by atoms with Gasteiger partial charge in [-0.15, -0.1) is 0 Å². The maximum Gasteiger partial charge on any atom is 0.412 e. The summed E-state index contributed by atoms with van der Waals surface area (Å²) in [5, 5.41) is 2.69. The number of carbonyl (C=O) groups excluding carboxylic acids is 2. The number of aryl methyl sites for hydroxylation is 1. The lowest BCUT2D eigenvalue weighted by Gasteiger charge is -2.31. The molecular weight excluding hydrogens is 346 g/mol. The van der Waals surface area contributed by atoms with Crippen LogP contribution in [-0.2, 0) is 22.6 Å². The molecule has 7 nitrogen and oxygen atoms in total. The van der Waals surface area contributed by atoms with Crippen LogP contribution >= 0.6 is 0 Å². The van der Waals surface area contributed by atoms with Crippen molar-refractivity contribution in [2.24, 2.45) is 5.92 Å². The van der Waals surface area contributed by atoms with Gasteiger partial charge in [0.25, 0.3) is 0 Å². The normalized spacial score (nSPS) is 14.8. The van der Waals surface area contributed by atoms with Gasteiger partial charge in [0.05, 0.1) is 6.20 Å². The van der Waals surface area contributed by atoms with Crippen molar-refractivity contribution in [3.63, 3.8) is 0 Å². The van der Waals surface area contributed by atoms with Crippen LogP contribution in [0.1, 0.15) is 37.5 Å². The number of rotatable bonds is 6. The molecule has 1 aliphatic heterocycles. The summed E-state index contributed by atoms with van der Waals surface area (Å²) in [6, 6.07) is 7.81. The van der Waals surface area contributed by atoms with Gasteiger partial charge in [-0.2, -0.15) is 0 Å². The quantitative estimate of drug-likeness (QED) is 0.838. The fourth-order valence-corrected chi connectivity index (χ4v) is 3.27. The van der Waals surface area contributed by atoms with Crippen molar-refractivity contribution in [1.29, 1.82) is 0 Å². The summed E-state index contributed by atoms with van der Waals surface area (Å²) in [6.45, 7) is 3.43. The number of ether oxygens (including phenoxy) is 1. The number of likely N-dealkylation sites (tertiary alicyclic amines) is 1. The van der Waals surface area contributed by atoms with Crippen LogP contribution in [0.15, 0.2) is 41.3 Å². The van der Waals surface area contributed by atoms with Crippen LogP contribution in [0.5, 0.6) is 0 Å². The summed E-state index contributed by atoms with van der Waals surface area (Å²) < 4.78 is 10.1. The van der Waals surface area contributed by atoms with Gasteiger partial charge in [-0.25, -0.2) is 9.78 Å². The van der Waals surface area contributed by atoms with Crippen molar-refractivity contribution < 1.29 is 18.7 Å². The molecule has 0 spiro atoms. The third-order valence-corrected chi connectivity index (χ3v) is 4.93. The van der Waals surface area contributed by atoms with Gasteiger partial charge in [0.15, 0.2) is 18.8 Å². The van der Waals surface area contributed by atoms with Crippen molar-refractivity contribution in [2.45, 2.75) is 39.2 Å². The summed E-state index contributed by atoms with van der Waals surface area (Å²) in [7, 11) is 0. The molecule has 1 aromatic carbocycles. The Hall–Kier alpha value is -2.83. The van der Waals surface area contributed by atoms with Gasteiger partial charge in [0.2, 0.25) is 5.91 Å². The van der Waals surface area contributed by atoms with E-state index in [1.807, 2.05) is 29.2 Å². The molecule has 2 amide bonds. The minimum absolute atomic E-state index is 0.0480. The minimum Gasteiger partial charge on any atom is -0.445 e. The Morgan fingerprint density at radius 2 is 2.00 bits per heavy atom. The van der Waals surface area contributed by atoms with Gasteiger partial charge in [0, 0.05) is 25.7 Å². The first kappa shape index (κ1) is 18.9. The summed E-state index contributed by atoms with van der Waals surface area (Å²) in [5.41, 5.74) is 1.93. The van der Waals surface area contributed by atoms with Crippen molar-refractivity contribution >= 4 is 17.7 Å². The highest BCUT2D eigenvalue weighted by Gasteiger charge is 2.20. The molecule has 0 saturated carbocycles. The predicted octanol–water partition coefficient (Wildman–Crippen LogP) is 3.61. The number of anilines is 1. The highest BCUT2D eigenvalue weighted by molar-refractivity contribution is 5.84. The van der Waals surface area contributed by atoms with Gasteiger partial charge in [-0.3, -0.25) is 10.1 Å². The van der Waals surface area contributed by atoms with E-state index in [9.17, 15) is 9.59 Å². The molecule has 1 fully saturated rings. The topological polar surface area (TPSA) is 84.7 Å². The second kappa shape index (κ2) is 9.21. The fourth-order valence-electron chi connectivity index (χ4n) is 3.27. The highest BCUT2D eigenvalue weighted by Crippen LogP contribution is 2.23. The third-order valence-electron chi connectivity index (χ3n) is 4.93. The van der Waals surface area contributed by atoms with Gasteiger partial charge in [-0.05, 0) is 49.3 Å². The third kappa shape index (κ3) is 5.84. The van der Waals surface area contributed by atoms with Crippen LogP contribution in [0.2, 0.25) is 0 Å². The maximum absolute atomic E-state index is 11.8. The Kier molecular flexibility index (Phi) is 6.46. The number of aromatic nitrogens is 1. The van der Waals surface area contributed by atoms with Gasteiger partial charge in [0.1, 0.15) is 0 Å². The summed E-state index contributed by atoms with van der Waals surface area (Å²) >= 11 is 0. The predicted molar refractivity (Wildman–Crippen MR) is 100 cm³/mol. The molecule has 3 rings (SSSR count). The number of nitrogens with zero attached hydrogens (tertiary/aromatic N) is 2. The first-order chi connectivity index (χ1) is 13.1. The Labute approximate surface area is 158 Å². The minimum atomic E-state index is -0.531. The number of oxazole rings is 1. The molecule has 0 radical (unpaired) electrons. The molecule has 2 heterocycles. The summed E-state index contributed by atoms with van der Waals surface area (Å²) in [5.74, 6) is 1.34. The van der Waals surface area contributed by atoms with E-state index in [1.165, 1.54) is 18.2 Å². The SMILES string of the molecule is CC(=O)N1CCC(CCc2ccc(NC(=O)OCc3cnco3)cc2)CC1. The Morgan fingerprint density at radius 3 is 2.63 bits per heavy atom. The molecule has 27 heavy (non-hydrogen) atoms. The Morgan fingerprint density at radius 1 is 1.26 bits per heavy atom. The Balaban J connectivity index is 1.38. The molecule has 2 aromatic rings. The number of hydrogen-bond donors (Lipinski definition) is 1. The molecule has 7 heteroatoms. The smallest absolute Gasteiger partial charge is 0.412 e. The Bertz CT molecular complexity index is 735. The number of hydrogen-bond acceptors (Lipinski definition) is 5. The average molecular weight is 371 g/mol. The molecule has 144 valence electrons. The van der Waals surface area contributed by atoms with Gasteiger partial charge >= 0.3 is 6.09 Å². The second-order valence-electron chi connectivity index (χ2n) is 6.85. The first-order valence-electron chi connectivity index (χ1n) is 9.26. The van der Waals surface area contributed by atoms with E-state index in [0.717, 1.165) is 38.8 Å². The van der Waals surface area contributed by atoms with Crippen molar-refractivity contribution in [3.8, 4) is 0 Å². The zero-order valence-electron chi connectivity index (χ0n) is 15.5. The lowest BCUT2D eigenvalue weighted by atomic mass is 9.90. The van der Waals surface area contributed by atoms with Crippen LogP contribution in [0.4, 0.5) is 10.5 Å². The van der Waals surface area contributed by atoms with Crippen LogP contribution < -0.4 is 5.32 Å². The number of carbonyl (C=O) groups is 2. The van der Waals surface area contributed by atoms with E-state index < -0.39 is 6.09 Å². The monoisotopic (exact) mass is 371 g/mol. The van der Waals surface area contributed by atoms with Crippen LogP contribution in [0.25, 0.3) is 0 Å². The molecular formula is C20H25N3O4. The molecule has 0 atom stereocenters. The van der Waals surface area contributed by atoms with E-state index in [2.05, 4.69) is 10.3 Å². The number of amides is 2. The standard InChI is InChI=1S/C20H25N3O4/c1-15(24)23-10-8-17(9-11-23)3-2-16-4-6-18(7-5-16)22-20(25)26-13-19-12-21-14-27-19/h4-7,12,14,17H,2-3,8-11,13H2,1H3,(H,22,25).